The molecular formula is C4H7N3O2. The highest BCUT2D eigenvalue weighted by Crippen LogP contribution is 1.82. The van der Waals surface area contributed by atoms with E-state index in [4.69, 9.17) is 10.8 Å². The molecule has 0 unspecified atom stereocenters. The lowest BCUT2D eigenvalue weighted by molar-refractivity contribution is 0.178. The van der Waals surface area contributed by atoms with Crippen molar-refractivity contribution in [2.75, 3.05) is 13.2 Å². The van der Waals surface area contributed by atoms with Crippen LogP contribution in [-0.4, -0.2) is 25.3 Å². The molecule has 5 heteroatoms. The molecule has 1 saturated heterocycles. The zero-order valence-electron chi connectivity index (χ0n) is 4.73. The number of alkyl carbamates (subject to hydrolysis) is 1. The normalized spacial score (nSPS) is 14.0. The molecule has 1 aliphatic rings. The van der Waals surface area contributed by atoms with Crippen LogP contribution in [0.1, 0.15) is 0 Å². The first-order chi connectivity index (χ1) is 4.31. The highest BCUT2D eigenvalue weighted by atomic mass is 16.6. The van der Waals surface area contributed by atoms with Crippen molar-refractivity contribution in [2.24, 2.45) is 0 Å². The van der Waals surface area contributed by atoms with E-state index in [1.54, 1.807) is 0 Å². The minimum Gasteiger partial charge on any atom is -0.448 e. The van der Waals surface area contributed by atoms with Gasteiger partial charge in [0, 0.05) is 0 Å². The fraction of sp³-hybridized carbons (Fsp3) is 0.500. The molecule has 1 rings (SSSR count). The van der Waals surface area contributed by atoms with Crippen LogP contribution in [0.4, 0.5) is 4.79 Å². The van der Waals surface area contributed by atoms with Crippen LogP contribution in [0.3, 0.4) is 0 Å². The second-order valence-corrected chi connectivity index (χ2v) is 1.19. The van der Waals surface area contributed by atoms with E-state index in [1.165, 1.54) is 6.01 Å². The van der Waals surface area contributed by atoms with E-state index < -0.39 is 0 Å². The van der Waals surface area contributed by atoms with Gasteiger partial charge in [-0.2, -0.15) is 0 Å². The molecule has 0 aromatic heterocycles. The summed E-state index contributed by atoms with van der Waals surface area (Å²) in [6.45, 7) is 1.19. The summed E-state index contributed by atoms with van der Waals surface area (Å²) in [5.74, 6) is 0. The van der Waals surface area contributed by atoms with Crippen LogP contribution in [0.5, 0.6) is 0 Å². The molecule has 3 N–H and O–H groups in total. The van der Waals surface area contributed by atoms with Gasteiger partial charge >= 0.3 is 6.09 Å². The van der Waals surface area contributed by atoms with E-state index in [0.717, 1.165) is 0 Å². The number of carbonyl (C=O) groups is 1. The van der Waals surface area contributed by atoms with Crippen molar-refractivity contribution in [3.8, 4) is 0 Å². The number of amides is 1. The number of rotatable bonds is 0. The maximum absolute atomic E-state index is 9.91. The molecule has 0 spiro atoms. The molecule has 9 heavy (non-hydrogen) atoms. The van der Waals surface area contributed by atoms with Gasteiger partial charge < -0.3 is 10.1 Å². The first-order valence-corrected chi connectivity index (χ1v) is 2.30. The molecule has 1 aliphatic heterocycles. The molecule has 1 amide bonds. The number of hydrogen-bond donors (Lipinski definition) is 3. The summed E-state index contributed by atoms with van der Waals surface area (Å²) in [6.07, 6.45) is -0.296. The number of hydrogen-bond acceptors (Lipinski definition) is 4. The third-order valence-electron chi connectivity index (χ3n) is 0.605. The standard InChI is InChI=1S/C3H5NO2.CH2N2/c5-3-4-1-2-6-3;2-1-3/h1-2H2,(H,4,5);2-3H. The molecule has 50 valence electrons. The lowest BCUT2D eigenvalue weighted by Crippen LogP contribution is -2.11. The first kappa shape index (κ1) is 7.65. The molecule has 1 fully saturated rings. The van der Waals surface area contributed by atoms with Gasteiger partial charge in [-0.1, -0.05) is 0 Å². The zero-order valence-corrected chi connectivity index (χ0v) is 4.73. The summed E-state index contributed by atoms with van der Waals surface area (Å²) in [7, 11) is 0. The Labute approximate surface area is 52.0 Å². The van der Waals surface area contributed by atoms with Crippen LogP contribution in [0.25, 0.3) is 0 Å². The second-order valence-electron chi connectivity index (χ2n) is 1.19. The van der Waals surface area contributed by atoms with Crippen molar-refractivity contribution < 1.29 is 9.53 Å². The van der Waals surface area contributed by atoms with Gasteiger partial charge in [-0.15, -0.1) is 0 Å². The predicted molar refractivity (Wildman–Crippen MR) is 29.8 cm³/mol. The Bertz CT molecular complexity index is 120. The minimum atomic E-state index is -0.296. The fourth-order valence-electron chi connectivity index (χ4n) is 0.348. The summed E-state index contributed by atoms with van der Waals surface area (Å²) in [5.41, 5.74) is 0. The van der Waals surface area contributed by atoms with Crippen LogP contribution in [0, 0.1) is 10.8 Å². The van der Waals surface area contributed by atoms with E-state index in [-0.39, 0.29) is 6.09 Å². The topological polar surface area (TPSA) is 86.0 Å². The highest BCUT2D eigenvalue weighted by Gasteiger charge is 2.06. The quantitative estimate of drug-likeness (QED) is 0.403. The van der Waals surface area contributed by atoms with Crippen molar-refractivity contribution in [3.63, 3.8) is 0 Å². The van der Waals surface area contributed by atoms with Gasteiger partial charge in [0.2, 0.25) is 0 Å². The maximum Gasteiger partial charge on any atom is 0.407 e. The number of carbonyl (C=O) groups excluding carboxylic acids is 1. The van der Waals surface area contributed by atoms with Gasteiger partial charge in [-0.25, -0.2) is 15.6 Å². The summed E-state index contributed by atoms with van der Waals surface area (Å²) in [6, 6.07) is 1.25. The third-order valence-corrected chi connectivity index (χ3v) is 0.605. The number of ether oxygens (including phenoxy) is 1. The van der Waals surface area contributed by atoms with Crippen LogP contribution in [-0.2, 0) is 4.74 Å². The molecule has 1 heterocycles. The third kappa shape index (κ3) is 4.50. The average molecular weight is 129 g/mol. The molecule has 5 nitrogen and oxygen atoms in total. The zero-order chi connectivity index (χ0) is 7.11. The molecule has 0 radical (unpaired) electrons. The smallest absolute Gasteiger partial charge is 0.407 e. The second kappa shape index (κ2) is 4.80. The average Bonchev–Trinajstić information content (AvgIpc) is 2.20. The van der Waals surface area contributed by atoms with Crippen molar-refractivity contribution in [3.05, 3.63) is 0 Å². The van der Waals surface area contributed by atoms with Gasteiger partial charge in [0.25, 0.3) is 0 Å². The summed E-state index contributed by atoms with van der Waals surface area (Å²) >= 11 is 0. The van der Waals surface area contributed by atoms with Crippen LogP contribution < -0.4 is 5.32 Å². The van der Waals surface area contributed by atoms with Gasteiger partial charge in [-0.3, -0.25) is 0 Å². The lowest BCUT2D eigenvalue weighted by atomic mass is 10.7. The largest absolute Gasteiger partial charge is 0.448 e. The van der Waals surface area contributed by atoms with Crippen molar-refractivity contribution in [1.82, 2.24) is 5.32 Å². The molecule has 0 aromatic rings. The Morgan fingerprint density at radius 2 is 2.22 bits per heavy atom. The van der Waals surface area contributed by atoms with Crippen molar-refractivity contribution >= 4 is 12.1 Å². The monoisotopic (exact) mass is 129 g/mol. The van der Waals surface area contributed by atoms with E-state index in [1.807, 2.05) is 0 Å². The maximum atomic E-state index is 9.91. The summed E-state index contributed by atoms with van der Waals surface area (Å²) < 4.78 is 4.40. The Morgan fingerprint density at radius 3 is 2.33 bits per heavy atom. The molecule has 0 aromatic carbocycles. The Kier molecular flexibility index (Phi) is 4.08. The van der Waals surface area contributed by atoms with E-state index in [0.29, 0.717) is 13.2 Å². The fourth-order valence-corrected chi connectivity index (χ4v) is 0.348. The van der Waals surface area contributed by atoms with Crippen molar-refractivity contribution in [1.29, 1.82) is 10.8 Å². The Hall–Kier alpha value is -1.35. The van der Waals surface area contributed by atoms with E-state index in [9.17, 15) is 4.79 Å². The Morgan fingerprint density at radius 1 is 1.67 bits per heavy atom. The number of nitrogens with one attached hydrogen (secondary N) is 3. The van der Waals surface area contributed by atoms with E-state index in [2.05, 4.69) is 10.1 Å². The molecular weight excluding hydrogens is 122 g/mol. The molecule has 0 bridgehead atoms. The van der Waals surface area contributed by atoms with Gasteiger partial charge in [-0.05, 0) is 0 Å². The SMILES string of the molecule is N=C=N.O=C1NCCO1. The van der Waals surface area contributed by atoms with Gasteiger partial charge in [0.05, 0.1) is 12.6 Å². The first-order valence-electron chi connectivity index (χ1n) is 2.30. The molecule has 0 atom stereocenters. The summed E-state index contributed by atoms with van der Waals surface area (Å²) in [4.78, 5) is 9.91. The molecule has 0 saturated carbocycles. The van der Waals surface area contributed by atoms with Gasteiger partial charge in [0.15, 0.2) is 0 Å². The van der Waals surface area contributed by atoms with Crippen LogP contribution >= 0.6 is 0 Å². The van der Waals surface area contributed by atoms with E-state index >= 15 is 0 Å². The van der Waals surface area contributed by atoms with Crippen molar-refractivity contribution in [2.45, 2.75) is 0 Å². The lowest BCUT2D eigenvalue weighted by Gasteiger charge is -1.80. The van der Waals surface area contributed by atoms with Crippen LogP contribution in [0.15, 0.2) is 0 Å². The number of cyclic esters (lactones) is 1. The minimum absolute atomic E-state index is 0.296. The summed E-state index contributed by atoms with van der Waals surface area (Å²) in [5, 5.41) is 13.7. The predicted octanol–water partition coefficient (Wildman–Crippen LogP) is 0.0440. The Balaban J connectivity index is 0.000000187. The molecule has 0 aliphatic carbocycles. The van der Waals surface area contributed by atoms with Gasteiger partial charge in [0.1, 0.15) is 6.61 Å². The van der Waals surface area contributed by atoms with Crippen LogP contribution in [0.2, 0.25) is 0 Å². The highest BCUT2D eigenvalue weighted by molar-refractivity contribution is 5.68.